The van der Waals surface area contributed by atoms with Gasteiger partial charge in [-0.3, -0.25) is 0 Å². The Balaban J connectivity index is 1.80. The SMILES string of the molecule is Clc1cc(Cl)cc(-n2nc(Cc3cccs3)c3c2NCC3)c1. The molecule has 0 bridgehead atoms. The first-order valence-corrected chi connectivity index (χ1v) is 8.68. The highest BCUT2D eigenvalue weighted by Crippen LogP contribution is 2.32. The normalized spacial score (nSPS) is 13.2. The maximum atomic E-state index is 6.13. The molecule has 0 spiro atoms. The van der Waals surface area contributed by atoms with Gasteiger partial charge in [-0.15, -0.1) is 11.3 Å². The highest BCUT2D eigenvalue weighted by Gasteiger charge is 2.23. The maximum absolute atomic E-state index is 6.13. The van der Waals surface area contributed by atoms with Gasteiger partial charge in [-0.1, -0.05) is 29.3 Å². The van der Waals surface area contributed by atoms with Crippen LogP contribution in [0.4, 0.5) is 5.82 Å². The molecule has 3 nitrogen and oxygen atoms in total. The summed E-state index contributed by atoms with van der Waals surface area (Å²) < 4.78 is 1.92. The third-order valence-corrected chi connectivity index (χ3v) is 5.06. The zero-order chi connectivity index (χ0) is 15.1. The predicted molar refractivity (Wildman–Crippen MR) is 92.9 cm³/mol. The molecule has 0 saturated carbocycles. The summed E-state index contributed by atoms with van der Waals surface area (Å²) in [5.74, 6) is 1.06. The Bertz CT molecular complexity index is 804. The second-order valence-electron chi connectivity index (χ2n) is 5.25. The van der Waals surface area contributed by atoms with E-state index in [9.17, 15) is 0 Å². The van der Waals surface area contributed by atoms with Gasteiger partial charge in [0.1, 0.15) is 5.82 Å². The second kappa shape index (κ2) is 5.61. The van der Waals surface area contributed by atoms with Gasteiger partial charge < -0.3 is 5.32 Å². The Morgan fingerprint density at radius 2 is 2.05 bits per heavy atom. The van der Waals surface area contributed by atoms with Gasteiger partial charge in [0.05, 0.1) is 11.4 Å². The van der Waals surface area contributed by atoms with E-state index in [1.807, 2.05) is 16.8 Å². The van der Waals surface area contributed by atoms with Crippen LogP contribution in [0.3, 0.4) is 0 Å². The Labute approximate surface area is 142 Å². The molecule has 0 atom stereocenters. The molecule has 4 rings (SSSR count). The monoisotopic (exact) mass is 349 g/mol. The van der Waals surface area contributed by atoms with Crippen molar-refractivity contribution in [2.75, 3.05) is 11.9 Å². The average molecular weight is 350 g/mol. The smallest absolute Gasteiger partial charge is 0.133 e. The molecule has 3 aromatic rings. The quantitative estimate of drug-likeness (QED) is 0.735. The van der Waals surface area contributed by atoms with Crippen LogP contribution in [0.2, 0.25) is 10.0 Å². The van der Waals surface area contributed by atoms with E-state index in [0.29, 0.717) is 10.0 Å². The van der Waals surface area contributed by atoms with Gasteiger partial charge in [0.25, 0.3) is 0 Å². The number of aromatic nitrogens is 2. The van der Waals surface area contributed by atoms with Crippen molar-refractivity contribution >= 4 is 40.4 Å². The molecule has 0 amide bonds. The van der Waals surface area contributed by atoms with Crippen LogP contribution in [0.1, 0.15) is 16.1 Å². The van der Waals surface area contributed by atoms with E-state index in [1.54, 1.807) is 17.4 Å². The molecular formula is C16H13Cl2N3S. The minimum Gasteiger partial charge on any atom is -0.369 e. The number of benzene rings is 1. The Kier molecular flexibility index (Phi) is 3.60. The van der Waals surface area contributed by atoms with E-state index in [1.165, 1.54) is 10.4 Å². The molecule has 1 N–H and O–H groups in total. The standard InChI is InChI=1S/C16H13Cl2N3S/c17-10-6-11(18)8-12(7-10)21-16-14(3-4-19-16)15(20-21)9-13-2-1-5-22-13/h1-2,5-8,19H,3-4,9H2. The van der Waals surface area contributed by atoms with Crippen molar-refractivity contribution in [2.45, 2.75) is 12.8 Å². The molecule has 0 unspecified atom stereocenters. The number of hydrogen-bond donors (Lipinski definition) is 1. The minimum atomic E-state index is 0.615. The molecule has 6 heteroatoms. The lowest BCUT2D eigenvalue weighted by atomic mass is 10.1. The zero-order valence-electron chi connectivity index (χ0n) is 11.6. The van der Waals surface area contributed by atoms with Gasteiger partial charge in [-0.25, -0.2) is 4.68 Å². The summed E-state index contributed by atoms with van der Waals surface area (Å²) in [6.45, 7) is 0.943. The van der Waals surface area contributed by atoms with Crippen molar-refractivity contribution in [1.29, 1.82) is 0 Å². The molecule has 2 aromatic heterocycles. The van der Waals surface area contributed by atoms with Gasteiger partial charge in [-0.2, -0.15) is 5.10 Å². The first kappa shape index (κ1) is 14.1. The van der Waals surface area contributed by atoms with Crippen LogP contribution in [-0.2, 0) is 12.8 Å². The van der Waals surface area contributed by atoms with Crippen LogP contribution in [0.5, 0.6) is 0 Å². The highest BCUT2D eigenvalue weighted by molar-refractivity contribution is 7.09. The molecule has 1 aromatic carbocycles. The van der Waals surface area contributed by atoms with Crippen molar-refractivity contribution < 1.29 is 0 Å². The summed E-state index contributed by atoms with van der Waals surface area (Å²) in [7, 11) is 0. The average Bonchev–Trinajstić information content (AvgIpc) is 3.17. The summed E-state index contributed by atoms with van der Waals surface area (Å²) in [5, 5.41) is 11.6. The summed E-state index contributed by atoms with van der Waals surface area (Å²) in [6, 6.07) is 9.72. The number of anilines is 1. The van der Waals surface area contributed by atoms with Crippen LogP contribution in [0.15, 0.2) is 35.7 Å². The lowest BCUT2D eigenvalue weighted by Gasteiger charge is -2.07. The number of thiophene rings is 1. The third kappa shape index (κ3) is 2.51. The highest BCUT2D eigenvalue weighted by atomic mass is 35.5. The first-order chi connectivity index (χ1) is 10.7. The van der Waals surface area contributed by atoms with Crippen LogP contribution in [0.25, 0.3) is 5.69 Å². The topological polar surface area (TPSA) is 29.9 Å². The van der Waals surface area contributed by atoms with Crippen molar-refractivity contribution in [3.63, 3.8) is 0 Å². The van der Waals surface area contributed by atoms with E-state index in [0.717, 1.165) is 36.6 Å². The number of rotatable bonds is 3. The van der Waals surface area contributed by atoms with E-state index < -0.39 is 0 Å². The fourth-order valence-electron chi connectivity index (χ4n) is 2.81. The van der Waals surface area contributed by atoms with Crippen molar-refractivity contribution in [3.8, 4) is 5.69 Å². The molecule has 1 aliphatic heterocycles. The maximum Gasteiger partial charge on any atom is 0.133 e. The molecule has 0 fully saturated rings. The molecule has 112 valence electrons. The lowest BCUT2D eigenvalue weighted by molar-refractivity contribution is 0.842. The van der Waals surface area contributed by atoms with Crippen LogP contribution >= 0.6 is 34.5 Å². The Morgan fingerprint density at radius 1 is 1.23 bits per heavy atom. The van der Waals surface area contributed by atoms with Crippen LogP contribution < -0.4 is 5.32 Å². The summed E-state index contributed by atoms with van der Waals surface area (Å²) >= 11 is 14.0. The molecule has 0 radical (unpaired) electrons. The molecule has 22 heavy (non-hydrogen) atoms. The van der Waals surface area contributed by atoms with Crippen molar-refractivity contribution in [1.82, 2.24) is 9.78 Å². The predicted octanol–water partition coefficient (Wildman–Crippen LogP) is 4.80. The Morgan fingerprint density at radius 3 is 2.77 bits per heavy atom. The lowest BCUT2D eigenvalue weighted by Crippen LogP contribution is -2.05. The molecule has 0 aliphatic carbocycles. The number of nitrogens with zero attached hydrogens (tertiary/aromatic N) is 2. The zero-order valence-corrected chi connectivity index (χ0v) is 14.0. The molecule has 0 saturated heterocycles. The van der Waals surface area contributed by atoms with Crippen LogP contribution in [0, 0.1) is 0 Å². The Hall–Kier alpha value is -1.49. The van der Waals surface area contributed by atoms with Gasteiger partial charge in [0.2, 0.25) is 0 Å². The number of nitrogens with one attached hydrogen (secondary N) is 1. The fourth-order valence-corrected chi connectivity index (χ4v) is 4.04. The fraction of sp³-hybridized carbons (Fsp3) is 0.188. The minimum absolute atomic E-state index is 0.615. The number of halogens is 2. The van der Waals surface area contributed by atoms with E-state index >= 15 is 0 Å². The van der Waals surface area contributed by atoms with Gasteiger partial charge >= 0.3 is 0 Å². The van der Waals surface area contributed by atoms with Crippen molar-refractivity contribution in [3.05, 3.63) is 61.9 Å². The first-order valence-electron chi connectivity index (χ1n) is 7.04. The summed E-state index contributed by atoms with van der Waals surface area (Å²) in [5.41, 5.74) is 3.31. The number of fused-ring (bicyclic) bond motifs is 1. The third-order valence-electron chi connectivity index (χ3n) is 3.75. The van der Waals surface area contributed by atoms with Gasteiger partial charge in [-0.05, 0) is 36.1 Å². The van der Waals surface area contributed by atoms with Gasteiger partial charge in [0.15, 0.2) is 0 Å². The van der Waals surface area contributed by atoms with Crippen LogP contribution in [-0.4, -0.2) is 16.3 Å². The molecule has 3 heterocycles. The van der Waals surface area contributed by atoms with E-state index in [4.69, 9.17) is 28.3 Å². The molecule has 1 aliphatic rings. The van der Waals surface area contributed by atoms with Crippen molar-refractivity contribution in [2.24, 2.45) is 0 Å². The van der Waals surface area contributed by atoms with Gasteiger partial charge in [0, 0.05) is 33.5 Å². The number of hydrogen-bond acceptors (Lipinski definition) is 3. The van der Waals surface area contributed by atoms with E-state index in [-0.39, 0.29) is 0 Å². The largest absolute Gasteiger partial charge is 0.369 e. The summed E-state index contributed by atoms with van der Waals surface area (Å²) in [6.07, 6.45) is 1.87. The molecular weight excluding hydrogens is 337 g/mol. The second-order valence-corrected chi connectivity index (χ2v) is 7.15. The van der Waals surface area contributed by atoms with E-state index in [2.05, 4.69) is 22.8 Å². The summed E-state index contributed by atoms with van der Waals surface area (Å²) in [4.78, 5) is 1.32.